The minimum atomic E-state index is -1.18. The van der Waals surface area contributed by atoms with Crippen molar-refractivity contribution in [2.45, 2.75) is 82.6 Å². The fourth-order valence-electron chi connectivity index (χ4n) is 7.24. The lowest BCUT2D eigenvalue weighted by atomic mass is 9.47. The molecule has 0 radical (unpaired) electrons. The molecule has 6 nitrogen and oxygen atoms in total. The molecule has 5 rings (SSSR count). The van der Waals surface area contributed by atoms with Crippen molar-refractivity contribution in [3.8, 4) is 0 Å². The SMILES string of the molecule is C[C@H]1C2CC3C[C@@H]1CC(COCCCCCN1C[C@H](O)[C@@H](O)[C@H](O)[C@@H]1CO)(C3)C2. The molecule has 1 saturated heterocycles. The normalized spacial score (nSPS) is 47.1. The van der Waals surface area contributed by atoms with E-state index in [9.17, 15) is 20.4 Å². The van der Waals surface area contributed by atoms with Crippen molar-refractivity contribution in [2.75, 3.05) is 32.9 Å². The van der Waals surface area contributed by atoms with Crippen LogP contribution in [0.3, 0.4) is 0 Å². The summed E-state index contributed by atoms with van der Waals surface area (Å²) >= 11 is 0. The summed E-state index contributed by atoms with van der Waals surface area (Å²) in [7, 11) is 0. The van der Waals surface area contributed by atoms with Gasteiger partial charge in [0, 0.05) is 13.2 Å². The van der Waals surface area contributed by atoms with Crippen molar-refractivity contribution in [3.05, 3.63) is 0 Å². The molecule has 9 atom stereocenters. The molecule has 168 valence electrons. The topological polar surface area (TPSA) is 93.4 Å². The summed E-state index contributed by atoms with van der Waals surface area (Å²) in [6.45, 7) is 5.02. The Morgan fingerprint density at radius 1 is 0.966 bits per heavy atom. The number of aliphatic hydroxyl groups is 4. The molecule has 4 aliphatic carbocycles. The summed E-state index contributed by atoms with van der Waals surface area (Å²) < 4.78 is 6.17. The monoisotopic (exact) mass is 411 g/mol. The van der Waals surface area contributed by atoms with E-state index in [0.29, 0.717) is 18.5 Å². The van der Waals surface area contributed by atoms with E-state index in [0.717, 1.165) is 56.1 Å². The highest BCUT2D eigenvalue weighted by molar-refractivity contribution is 5.03. The van der Waals surface area contributed by atoms with Crippen LogP contribution in [0.15, 0.2) is 0 Å². The van der Waals surface area contributed by atoms with Gasteiger partial charge in [-0.3, -0.25) is 4.90 Å². The van der Waals surface area contributed by atoms with Crippen LogP contribution in [0.4, 0.5) is 0 Å². The van der Waals surface area contributed by atoms with E-state index in [-0.39, 0.29) is 6.61 Å². The smallest absolute Gasteiger partial charge is 0.109 e. The van der Waals surface area contributed by atoms with E-state index in [2.05, 4.69) is 6.92 Å². The summed E-state index contributed by atoms with van der Waals surface area (Å²) in [4.78, 5) is 1.90. The predicted octanol–water partition coefficient (Wildman–Crippen LogP) is 1.39. The molecule has 29 heavy (non-hydrogen) atoms. The first kappa shape index (κ1) is 22.0. The van der Waals surface area contributed by atoms with Gasteiger partial charge in [0.05, 0.1) is 25.4 Å². The molecule has 4 bridgehead atoms. The van der Waals surface area contributed by atoms with Crippen LogP contribution in [0.2, 0.25) is 0 Å². The Morgan fingerprint density at radius 2 is 1.69 bits per heavy atom. The van der Waals surface area contributed by atoms with Crippen LogP contribution in [0.5, 0.6) is 0 Å². The summed E-state index contributed by atoms with van der Waals surface area (Å²) in [5.74, 6) is 3.77. The molecule has 4 saturated carbocycles. The van der Waals surface area contributed by atoms with Gasteiger partial charge in [0.2, 0.25) is 0 Å². The Kier molecular flexibility index (Phi) is 6.89. The molecule has 0 amide bonds. The van der Waals surface area contributed by atoms with Gasteiger partial charge in [-0.1, -0.05) is 6.92 Å². The van der Waals surface area contributed by atoms with Gasteiger partial charge < -0.3 is 25.2 Å². The molecule has 0 aromatic carbocycles. The molecule has 5 aliphatic rings. The summed E-state index contributed by atoms with van der Waals surface area (Å²) in [6, 6.07) is -0.497. The summed E-state index contributed by atoms with van der Waals surface area (Å²) in [5.41, 5.74) is 0.471. The molecule has 1 aliphatic heterocycles. The fraction of sp³-hybridized carbons (Fsp3) is 1.00. The lowest BCUT2D eigenvalue weighted by Gasteiger charge is -2.59. The number of likely N-dealkylation sites (tertiary alicyclic amines) is 1. The minimum absolute atomic E-state index is 0.211. The third kappa shape index (κ3) is 4.53. The number of aliphatic hydroxyl groups excluding tert-OH is 4. The molecule has 6 heteroatoms. The quantitative estimate of drug-likeness (QED) is 0.429. The molecule has 5 fully saturated rings. The lowest BCUT2D eigenvalue weighted by molar-refractivity contribution is -0.145. The Hall–Kier alpha value is -0.240. The molecule has 0 aromatic heterocycles. The van der Waals surface area contributed by atoms with Crippen molar-refractivity contribution in [2.24, 2.45) is 29.1 Å². The van der Waals surface area contributed by atoms with Crippen LogP contribution >= 0.6 is 0 Å². The van der Waals surface area contributed by atoms with Gasteiger partial charge in [0.1, 0.15) is 12.2 Å². The highest BCUT2D eigenvalue weighted by Crippen LogP contribution is 2.62. The molecule has 3 unspecified atom stereocenters. The molecule has 0 spiro atoms. The van der Waals surface area contributed by atoms with E-state index >= 15 is 0 Å². The van der Waals surface area contributed by atoms with Crippen molar-refractivity contribution in [1.29, 1.82) is 0 Å². The zero-order chi connectivity index (χ0) is 20.6. The number of piperidine rings is 1. The Labute approximate surface area is 175 Å². The Morgan fingerprint density at radius 3 is 2.38 bits per heavy atom. The largest absolute Gasteiger partial charge is 0.395 e. The highest BCUT2D eigenvalue weighted by Gasteiger charge is 2.53. The van der Waals surface area contributed by atoms with Crippen LogP contribution in [-0.2, 0) is 4.74 Å². The molecular formula is C23H41NO5. The summed E-state index contributed by atoms with van der Waals surface area (Å²) in [6.07, 6.45) is 6.83. The number of nitrogens with zero attached hydrogens (tertiary/aromatic N) is 1. The zero-order valence-electron chi connectivity index (χ0n) is 18.0. The number of ether oxygens (including phenoxy) is 1. The van der Waals surface area contributed by atoms with Gasteiger partial charge in [0.25, 0.3) is 0 Å². The van der Waals surface area contributed by atoms with Gasteiger partial charge in [-0.05, 0) is 87.0 Å². The van der Waals surface area contributed by atoms with Crippen molar-refractivity contribution >= 4 is 0 Å². The van der Waals surface area contributed by atoms with Crippen molar-refractivity contribution < 1.29 is 25.2 Å². The van der Waals surface area contributed by atoms with Gasteiger partial charge >= 0.3 is 0 Å². The van der Waals surface area contributed by atoms with E-state index in [1.54, 1.807) is 0 Å². The van der Waals surface area contributed by atoms with E-state index < -0.39 is 24.4 Å². The van der Waals surface area contributed by atoms with Crippen LogP contribution in [0.1, 0.15) is 58.3 Å². The second-order valence-electron chi connectivity index (χ2n) is 10.7. The number of hydrogen-bond acceptors (Lipinski definition) is 6. The average Bonchev–Trinajstić information content (AvgIpc) is 2.69. The number of hydrogen-bond donors (Lipinski definition) is 4. The van der Waals surface area contributed by atoms with Gasteiger partial charge in [-0.25, -0.2) is 0 Å². The fourth-order valence-corrected chi connectivity index (χ4v) is 7.24. The van der Waals surface area contributed by atoms with E-state index in [4.69, 9.17) is 4.74 Å². The number of β-amino-alcohol motifs (C(OH)–C–C–N with tert-alkyl or cyclic N) is 1. The minimum Gasteiger partial charge on any atom is -0.395 e. The molecule has 0 aromatic rings. The van der Waals surface area contributed by atoms with Crippen molar-refractivity contribution in [3.63, 3.8) is 0 Å². The van der Waals surface area contributed by atoms with Crippen LogP contribution < -0.4 is 0 Å². The number of rotatable bonds is 9. The maximum absolute atomic E-state index is 10.1. The Bertz CT molecular complexity index is 529. The predicted molar refractivity (Wildman–Crippen MR) is 110 cm³/mol. The molecular weight excluding hydrogens is 370 g/mol. The molecule has 1 heterocycles. The number of unbranched alkanes of at least 4 members (excludes halogenated alkanes) is 2. The van der Waals surface area contributed by atoms with Crippen LogP contribution in [-0.4, -0.2) is 82.6 Å². The zero-order valence-corrected chi connectivity index (χ0v) is 18.0. The van der Waals surface area contributed by atoms with Crippen LogP contribution in [0.25, 0.3) is 0 Å². The second-order valence-corrected chi connectivity index (χ2v) is 10.7. The highest BCUT2D eigenvalue weighted by atomic mass is 16.5. The first-order valence-electron chi connectivity index (χ1n) is 11.9. The standard InChI is InChI=1S/C23H41NO5/c1-15-17-7-16-8-18(15)11-23(9-16,10-17)14-29-6-4-2-3-5-24-12-20(26)22(28)21(27)19(24)13-25/h15-22,25-28H,2-14H2,1H3/t15-,16?,17-,18?,19+,20+,21-,22-,23?/m1/s1. The summed E-state index contributed by atoms with van der Waals surface area (Å²) in [5, 5.41) is 39.2. The first-order valence-corrected chi connectivity index (χ1v) is 11.9. The van der Waals surface area contributed by atoms with Gasteiger partial charge in [0.15, 0.2) is 0 Å². The van der Waals surface area contributed by atoms with E-state index in [1.807, 2.05) is 4.90 Å². The maximum Gasteiger partial charge on any atom is 0.109 e. The van der Waals surface area contributed by atoms with Gasteiger partial charge in [-0.2, -0.15) is 0 Å². The second kappa shape index (κ2) is 9.09. The van der Waals surface area contributed by atoms with Crippen molar-refractivity contribution in [1.82, 2.24) is 4.90 Å². The third-order valence-electron chi connectivity index (χ3n) is 8.73. The lowest BCUT2D eigenvalue weighted by Crippen LogP contribution is -2.62. The maximum atomic E-state index is 10.1. The van der Waals surface area contributed by atoms with Crippen LogP contribution in [0, 0.1) is 29.1 Å². The third-order valence-corrected chi connectivity index (χ3v) is 8.73. The Balaban J connectivity index is 1.13. The molecule has 4 N–H and O–H groups in total. The first-order chi connectivity index (χ1) is 13.9. The van der Waals surface area contributed by atoms with E-state index in [1.165, 1.54) is 32.1 Å². The average molecular weight is 412 g/mol. The van der Waals surface area contributed by atoms with Gasteiger partial charge in [-0.15, -0.1) is 0 Å².